The van der Waals surface area contributed by atoms with Crippen LogP contribution >= 0.6 is 0 Å². The highest BCUT2D eigenvalue weighted by atomic mass is 16.5. The highest BCUT2D eigenvalue weighted by molar-refractivity contribution is 5.79. The van der Waals surface area contributed by atoms with Crippen LogP contribution in [-0.2, 0) is 17.9 Å². The molecule has 1 heterocycles. The van der Waals surface area contributed by atoms with Gasteiger partial charge in [-0.2, -0.15) is 0 Å². The Hall–Kier alpha value is -1.59. The topological polar surface area (TPSA) is 48.9 Å². The molecular weight excluding hydrogens is 312 g/mol. The minimum Gasteiger partial charge on any atom is -0.380 e. The summed E-state index contributed by atoms with van der Waals surface area (Å²) < 4.78 is 5.20. The smallest absolute Gasteiger partial charge is 0.191 e. The monoisotopic (exact) mass is 346 g/mol. The maximum Gasteiger partial charge on any atom is 0.191 e. The van der Waals surface area contributed by atoms with Crippen LogP contribution in [0.25, 0.3) is 0 Å². The summed E-state index contributed by atoms with van der Waals surface area (Å²) in [5, 5.41) is 6.84. The molecule has 5 heteroatoms. The molecule has 0 spiro atoms. The zero-order valence-corrected chi connectivity index (χ0v) is 16.1. The second kappa shape index (κ2) is 11.1. The van der Waals surface area contributed by atoms with Gasteiger partial charge in [0.1, 0.15) is 0 Å². The summed E-state index contributed by atoms with van der Waals surface area (Å²) in [7, 11) is 3.55. The fourth-order valence-electron chi connectivity index (χ4n) is 3.54. The van der Waals surface area contributed by atoms with Crippen LogP contribution in [0.3, 0.4) is 0 Å². The Kier molecular flexibility index (Phi) is 8.77. The Morgan fingerprint density at radius 1 is 1.28 bits per heavy atom. The fourth-order valence-corrected chi connectivity index (χ4v) is 3.54. The van der Waals surface area contributed by atoms with E-state index < -0.39 is 0 Å². The number of hydrogen-bond donors (Lipinski definition) is 2. The lowest BCUT2D eigenvalue weighted by Gasteiger charge is -2.35. The number of likely N-dealkylation sites (tertiary alicyclic amines) is 1. The molecule has 0 aromatic heterocycles. The van der Waals surface area contributed by atoms with Crippen molar-refractivity contribution < 1.29 is 4.74 Å². The molecule has 0 saturated carbocycles. The molecule has 2 N–H and O–H groups in total. The third-order valence-corrected chi connectivity index (χ3v) is 4.90. The first-order chi connectivity index (χ1) is 12.3. The van der Waals surface area contributed by atoms with Gasteiger partial charge < -0.3 is 15.4 Å². The van der Waals surface area contributed by atoms with Gasteiger partial charge in [-0.15, -0.1) is 0 Å². The number of hydrogen-bond acceptors (Lipinski definition) is 3. The van der Waals surface area contributed by atoms with Crippen LogP contribution in [0.5, 0.6) is 0 Å². The summed E-state index contributed by atoms with van der Waals surface area (Å²) in [4.78, 5) is 6.96. The van der Waals surface area contributed by atoms with E-state index in [1.54, 1.807) is 7.11 Å². The Labute approximate surface area is 152 Å². The van der Waals surface area contributed by atoms with Crippen LogP contribution in [0, 0.1) is 0 Å². The highest BCUT2D eigenvalue weighted by Gasteiger charge is 2.19. The van der Waals surface area contributed by atoms with Crippen LogP contribution < -0.4 is 10.6 Å². The lowest BCUT2D eigenvalue weighted by Crippen LogP contribution is -2.45. The maximum absolute atomic E-state index is 5.20. The number of benzene rings is 1. The van der Waals surface area contributed by atoms with E-state index >= 15 is 0 Å². The van der Waals surface area contributed by atoms with E-state index in [4.69, 9.17) is 4.74 Å². The fraction of sp³-hybridized carbons (Fsp3) is 0.650. The average Bonchev–Trinajstić information content (AvgIpc) is 2.65. The Morgan fingerprint density at radius 2 is 2.12 bits per heavy atom. The molecule has 0 amide bonds. The van der Waals surface area contributed by atoms with Gasteiger partial charge in [0.15, 0.2) is 5.96 Å². The molecule has 1 fully saturated rings. The van der Waals surface area contributed by atoms with Gasteiger partial charge in [0, 0.05) is 39.8 Å². The van der Waals surface area contributed by atoms with E-state index in [-0.39, 0.29) is 0 Å². The first-order valence-electron chi connectivity index (χ1n) is 9.52. The lowest BCUT2D eigenvalue weighted by atomic mass is 10.0. The maximum atomic E-state index is 5.20. The Balaban J connectivity index is 1.74. The van der Waals surface area contributed by atoms with E-state index in [0.29, 0.717) is 6.61 Å². The van der Waals surface area contributed by atoms with Gasteiger partial charge in [-0.1, -0.05) is 37.6 Å². The number of guanidine groups is 1. The van der Waals surface area contributed by atoms with Gasteiger partial charge in [0.05, 0.1) is 6.61 Å². The summed E-state index contributed by atoms with van der Waals surface area (Å²) in [6.45, 7) is 6.96. The van der Waals surface area contributed by atoms with Crippen LogP contribution in [0.1, 0.15) is 43.7 Å². The first-order valence-corrected chi connectivity index (χ1v) is 9.52. The molecular formula is C20H34N4O. The van der Waals surface area contributed by atoms with Gasteiger partial charge in [0.2, 0.25) is 0 Å². The van der Waals surface area contributed by atoms with E-state index in [9.17, 15) is 0 Å². The molecule has 25 heavy (non-hydrogen) atoms. The van der Waals surface area contributed by atoms with Crippen molar-refractivity contribution in [3.05, 3.63) is 35.4 Å². The minimum absolute atomic E-state index is 0.648. The summed E-state index contributed by atoms with van der Waals surface area (Å²) in [6.07, 6.45) is 5.32. The van der Waals surface area contributed by atoms with Crippen molar-refractivity contribution in [1.29, 1.82) is 0 Å². The summed E-state index contributed by atoms with van der Waals surface area (Å²) >= 11 is 0. The number of piperidine rings is 1. The van der Waals surface area contributed by atoms with Crippen molar-refractivity contribution in [2.24, 2.45) is 4.99 Å². The largest absolute Gasteiger partial charge is 0.380 e. The van der Waals surface area contributed by atoms with Crippen molar-refractivity contribution in [2.45, 2.75) is 51.8 Å². The van der Waals surface area contributed by atoms with Crippen molar-refractivity contribution >= 4 is 5.96 Å². The second-order valence-corrected chi connectivity index (χ2v) is 6.70. The molecule has 0 aliphatic carbocycles. The van der Waals surface area contributed by atoms with E-state index in [0.717, 1.165) is 31.6 Å². The van der Waals surface area contributed by atoms with Crippen molar-refractivity contribution in [2.75, 3.05) is 33.8 Å². The molecule has 1 saturated heterocycles. The molecule has 1 unspecified atom stereocenters. The average molecular weight is 347 g/mol. The van der Waals surface area contributed by atoms with Gasteiger partial charge in [0.25, 0.3) is 0 Å². The second-order valence-electron chi connectivity index (χ2n) is 6.70. The molecule has 1 aromatic carbocycles. The molecule has 0 radical (unpaired) electrons. The number of methoxy groups -OCH3 is 1. The highest BCUT2D eigenvalue weighted by Crippen LogP contribution is 2.18. The van der Waals surface area contributed by atoms with Crippen molar-refractivity contribution in [3.8, 4) is 0 Å². The molecule has 1 aromatic rings. The Morgan fingerprint density at radius 3 is 2.88 bits per heavy atom. The van der Waals surface area contributed by atoms with Crippen LogP contribution in [0.4, 0.5) is 0 Å². The van der Waals surface area contributed by atoms with Gasteiger partial charge >= 0.3 is 0 Å². The SMILES string of the molecule is CCC1CCCCN1CCNC(=NC)NCc1cccc(COC)c1. The molecule has 0 bridgehead atoms. The molecule has 1 aliphatic rings. The molecule has 1 atom stereocenters. The quantitative estimate of drug-likeness (QED) is 0.561. The van der Waals surface area contributed by atoms with Crippen molar-refractivity contribution in [3.63, 3.8) is 0 Å². The van der Waals surface area contributed by atoms with Gasteiger partial charge in [-0.25, -0.2) is 0 Å². The first kappa shape index (κ1) is 19.7. The summed E-state index contributed by atoms with van der Waals surface area (Å²) in [5.74, 6) is 0.863. The molecule has 5 nitrogen and oxygen atoms in total. The predicted molar refractivity (Wildman–Crippen MR) is 105 cm³/mol. The molecule has 1 aliphatic heterocycles. The zero-order chi connectivity index (χ0) is 17.9. The van der Waals surface area contributed by atoms with E-state index in [2.05, 4.69) is 51.7 Å². The number of aliphatic imine (C=N–C) groups is 1. The summed E-state index contributed by atoms with van der Waals surface area (Å²) in [6, 6.07) is 9.21. The third kappa shape index (κ3) is 6.67. The zero-order valence-electron chi connectivity index (χ0n) is 16.1. The van der Waals surface area contributed by atoms with Gasteiger partial charge in [-0.3, -0.25) is 9.89 Å². The predicted octanol–water partition coefficient (Wildman–Crippen LogP) is 2.76. The van der Waals surface area contributed by atoms with Gasteiger partial charge in [-0.05, 0) is 36.9 Å². The van der Waals surface area contributed by atoms with Crippen LogP contribution in [-0.4, -0.2) is 50.7 Å². The van der Waals surface area contributed by atoms with E-state index in [1.807, 2.05) is 7.05 Å². The lowest BCUT2D eigenvalue weighted by molar-refractivity contribution is 0.147. The summed E-state index contributed by atoms with van der Waals surface area (Å²) in [5.41, 5.74) is 2.43. The third-order valence-electron chi connectivity index (χ3n) is 4.90. The number of nitrogens with zero attached hydrogens (tertiary/aromatic N) is 2. The van der Waals surface area contributed by atoms with E-state index in [1.165, 1.54) is 43.4 Å². The molecule has 2 rings (SSSR count). The number of rotatable bonds is 8. The standard InChI is InChI=1S/C20H34N4O/c1-4-19-10-5-6-12-24(19)13-11-22-20(21-2)23-15-17-8-7-9-18(14-17)16-25-3/h7-9,14,19H,4-6,10-13,15-16H2,1-3H3,(H2,21,22,23). The van der Waals surface area contributed by atoms with Crippen LogP contribution in [0.15, 0.2) is 29.3 Å². The number of ether oxygens (including phenoxy) is 1. The van der Waals surface area contributed by atoms with Crippen LogP contribution in [0.2, 0.25) is 0 Å². The Bertz CT molecular complexity index is 532. The normalized spacial score (nSPS) is 19.0. The number of nitrogens with one attached hydrogen (secondary N) is 2. The minimum atomic E-state index is 0.648. The molecule has 140 valence electrons. The van der Waals surface area contributed by atoms with Crippen molar-refractivity contribution in [1.82, 2.24) is 15.5 Å².